The van der Waals surface area contributed by atoms with E-state index in [4.69, 9.17) is 4.74 Å². The highest BCUT2D eigenvalue weighted by Gasteiger charge is 2.15. The molecular formula is C11H23NO3S. The lowest BCUT2D eigenvalue weighted by atomic mass is 10.2. The maximum absolute atomic E-state index is 11.6. The van der Waals surface area contributed by atoms with Gasteiger partial charge < -0.3 is 10.1 Å². The lowest BCUT2D eigenvalue weighted by molar-refractivity contribution is 0.199. The summed E-state index contributed by atoms with van der Waals surface area (Å²) in [6.07, 6.45) is 5.55. The van der Waals surface area contributed by atoms with Crippen LogP contribution in [0.5, 0.6) is 0 Å². The Labute approximate surface area is 98.7 Å². The van der Waals surface area contributed by atoms with Gasteiger partial charge in [0.05, 0.1) is 11.5 Å². The number of nitrogens with one attached hydrogen (secondary N) is 1. The van der Waals surface area contributed by atoms with Crippen LogP contribution >= 0.6 is 0 Å². The van der Waals surface area contributed by atoms with Gasteiger partial charge in [0.2, 0.25) is 0 Å². The first-order valence-electron chi connectivity index (χ1n) is 6.07. The van der Waals surface area contributed by atoms with Gasteiger partial charge in [-0.1, -0.05) is 12.8 Å². The SMILES string of the molecule is COCCCS(=O)(=O)CCNC1CCCC1. The van der Waals surface area contributed by atoms with Gasteiger partial charge in [-0.05, 0) is 19.3 Å². The number of ether oxygens (including phenoxy) is 1. The second-order valence-corrected chi connectivity index (χ2v) is 6.74. The fourth-order valence-corrected chi connectivity index (χ4v) is 3.26. The molecule has 0 aromatic carbocycles. The number of methoxy groups -OCH3 is 1. The summed E-state index contributed by atoms with van der Waals surface area (Å²) >= 11 is 0. The van der Waals surface area contributed by atoms with Gasteiger partial charge in [0, 0.05) is 26.3 Å². The third-order valence-corrected chi connectivity index (χ3v) is 4.74. The second-order valence-electron chi connectivity index (χ2n) is 4.43. The molecule has 5 heteroatoms. The molecule has 4 nitrogen and oxygen atoms in total. The van der Waals surface area contributed by atoms with Crippen molar-refractivity contribution in [2.75, 3.05) is 31.8 Å². The number of hydrogen-bond acceptors (Lipinski definition) is 4. The summed E-state index contributed by atoms with van der Waals surface area (Å²) < 4.78 is 28.0. The van der Waals surface area contributed by atoms with Gasteiger partial charge in [-0.25, -0.2) is 8.42 Å². The first-order valence-corrected chi connectivity index (χ1v) is 7.89. The molecule has 1 aliphatic rings. The molecule has 1 rings (SSSR count). The molecule has 0 aromatic heterocycles. The van der Waals surface area contributed by atoms with E-state index in [1.54, 1.807) is 7.11 Å². The van der Waals surface area contributed by atoms with E-state index < -0.39 is 9.84 Å². The van der Waals surface area contributed by atoms with Crippen molar-refractivity contribution in [3.8, 4) is 0 Å². The van der Waals surface area contributed by atoms with Crippen LogP contribution in [-0.2, 0) is 14.6 Å². The van der Waals surface area contributed by atoms with Crippen LogP contribution in [0.15, 0.2) is 0 Å². The van der Waals surface area contributed by atoms with Gasteiger partial charge in [0.15, 0.2) is 9.84 Å². The summed E-state index contributed by atoms with van der Waals surface area (Å²) in [4.78, 5) is 0. The van der Waals surface area contributed by atoms with Crippen molar-refractivity contribution in [2.24, 2.45) is 0 Å². The van der Waals surface area contributed by atoms with Crippen molar-refractivity contribution in [3.63, 3.8) is 0 Å². The Bertz CT molecular complexity index is 271. The van der Waals surface area contributed by atoms with Crippen LogP contribution in [-0.4, -0.2) is 46.2 Å². The van der Waals surface area contributed by atoms with Gasteiger partial charge in [0.1, 0.15) is 0 Å². The van der Waals surface area contributed by atoms with E-state index in [-0.39, 0.29) is 11.5 Å². The molecule has 0 aromatic rings. The zero-order valence-electron chi connectivity index (χ0n) is 10.1. The summed E-state index contributed by atoms with van der Waals surface area (Å²) in [7, 11) is -1.30. The Morgan fingerprint density at radius 1 is 1.25 bits per heavy atom. The third kappa shape index (κ3) is 5.82. The first kappa shape index (κ1) is 13.9. The van der Waals surface area contributed by atoms with Crippen molar-refractivity contribution in [1.29, 1.82) is 0 Å². The number of sulfone groups is 1. The topological polar surface area (TPSA) is 55.4 Å². The predicted molar refractivity (Wildman–Crippen MR) is 65.4 cm³/mol. The minimum Gasteiger partial charge on any atom is -0.385 e. The van der Waals surface area contributed by atoms with Gasteiger partial charge in [-0.2, -0.15) is 0 Å². The summed E-state index contributed by atoms with van der Waals surface area (Å²) in [5.74, 6) is 0.500. The molecule has 0 unspecified atom stereocenters. The molecule has 0 atom stereocenters. The molecule has 1 aliphatic carbocycles. The normalized spacial score (nSPS) is 18.1. The van der Waals surface area contributed by atoms with E-state index >= 15 is 0 Å². The van der Waals surface area contributed by atoms with Crippen LogP contribution in [0.4, 0.5) is 0 Å². The highest BCUT2D eigenvalue weighted by molar-refractivity contribution is 7.91. The van der Waals surface area contributed by atoms with Gasteiger partial charge in [0.25, 0.3) is 0 Å². The fraction of sp³-hybridized carbons (Fsp3) is 1.00. The van der Waals surface area contributed by atoms with Gasteiger partial charge >= 0.3 is 0 Å². The summed E-state index contributed by atoms with van der Waals surface area (Å²) in [6.45, 7) is 1.12. The molecule has 16 heavy (non-hydrogen) atoms. The lowest BCUT2D eigenvalue weighted by Gasteiger charge is -2.11. The Kier molecular flexibility index (Phi) is 6.31. The minimum atomic E-state index is -2.89. The van der Waals surface area contributed by atoms with Crippen molar-refractivity contribution in [3.05, 3.63) is 0 Å². The van der Waals surface area contributed by atoms with Crippen LogP contribution in [0.2, 0.25) is 0 Å². The number of rotatable bonds is 8. The van der Waals surface area contributed by atoms with Crippen LogP contribution in [0, 0.1) is 0 Å². The Morgan fingerprint density at radius 3 is 2.56 bits per heavy atom. The van der Waals surface area contributed by atoms with Crippen LogP contribution < -0.4 is 5.32 Å². The van der Waals surface area contributed by atoms with Crippen molar-refractivity contribution < 1.29 is 13.2 Å². The quantitative estimate of drug-likeness (QED) is 0.651. The summed E-state index contributed by atoms with van der Waals surface area (Å²) in [5.41, 5.74) is 0. The highest BCUT2D eigenvalue weighted by atomic mass is 32.2. The largest absolute Gasteiger partial charge is 0.385 e. The Hall–Kier alpha value is -0.130. The molecule has 0 spiro atoms. The zero-order chi connectivity index (χ0) is 11.9. The molecule has 0 radical (unpaired) electrons. The molecule has 0 amide bonds. The molecular weight excluding hydrogens is 226 g/mol. The van der Waals surface area contributed by atoms with Crippen LogP contribution in [0.1, 0.15) is 32.1 Å². The summed E-state index contributed by atoms with van der Waals surface area (Å²) in [5, 5.41) is 3.32. The van der Waals surface area contributed by atoms with E-state index in [1.807, 2.05) is 0 Å². The van der Waals surface area contributed by atoms with Gasteiger partial charge in [-0.3, -0.25) is 0 Å². The lowest BCUT2D eigenvalue weighted by Crippen LogP contribution is -2.31. The van der Waals surface area contributed by atoms with Gasteiger partial charge in [-0.15, -0.1) is 0 Å². The molecule has 0 heterocycles. The number of hydrogen-bond donors (Lipinski definition) is 1. The van der Waals surface area contributed by atoms with E-state index in [0.717, 1.165) is 0 Å². The molecule has 96 valence electrons. The van der Waals surface area contributed by atoms with E-state index in [2.05, 4.69) is 5.32 Å². The highest BCUT2D eigenvalue weighted by Crippen LogP contribution is 2.17. The van der Waals surface area contributed by atoms with Crippen molar-refractivity contribution in [1.82, 2.24) is 5.32 Å². The molecule has 1 saturated carbocycles. The second kappa shape index (κ2) is 7.25. The van der Waals surface area contributed by atoms with Crippen molar-refractivity contribution >= 4 is 9.84 Å². The van der Waals surface area contributed by atoms with E-state index in [1.165, 1.54) is 25.7 Å². The average Bonchev–Trinajstić information content (AvgIpc) is 2.70. The maximum atomic E-state index is 11.6. The molecule has 0 saturated heterocycles. The molecule has 1 N–H and O–H groups in total. The first-order chi connectivity index (χ1) is 7.64. The van der Waals surface area contributed by atoms with E-state index in [0.29, 0.717) is 25.6 Å². The Balaban J connectivity index is 2.09. The molecule has 1 fully saturated rings. The van der Waals surface area contributed by atoms with Crippen molar-refractivity contribution in [2.45, 2.75) is 38.1 Å². The molecule has 0 bridgehead atoms. The third-order valence-electron chi connectivity index (χ3n) is 3.01. The van der Waals surface area contributed by atoms with E-state index in [9.17, 15) is 8.42 Å². The summed E-state index contributed by atoms with van der Waals surface area (Å²) in [6, 6.07) is 0.550. The average molecular weight is 249 g/mol. The smallest absolute Gasteiger partial charge is 0.151 e. The minimum absolute atomic E-state index is 0.243. The predicted octanol–water partition coefficient (Wildman–Crippen LogP) is 0.970. The molecule has 0 aliphatic heterocycles. The fourth-order valence-electron chi connectivity index (χ4n) is 2.07. The van der Waals surface area contributed by atoms with Crippen LogP contribution in [0.3, 0.4) is 0 Å². The Morgan fingerprint density at radius 2 is 1.94 bits per heavy atom. The maximum Gasteiger partial charge on any atom is 0.151 e. The zero-order valence-corrected chi connectivity index (χ0v) is 10.9. The standard InChI is InChI=1S/C11H23NO3S/c1-15-8-4-9-16(13,14)10-7-12-11-5-2-3-6-11/h11-12H,2-10H2,1H3. The van der Waals surface area contributed by atoms with Crippen LogP contribution in [0.25, 0.3) is 0 Å². The monoisotopic (exact) mass is 249 g/mol.